The maximum Gasteiger partial charge on any atom is 0.418 e. The second-order valence-electron chi connectivity index (χ2n) is 4.32. The third-order valence-corrected chi connectivity index (χ3v) is 3.46. The zero-order valence-corrected chi connectivity index (χ0v) is 12.4. The summed E-state index contributed by atoms with van der Waals surface area (Å²) in [4.78, 5) is 25.1. The van der Waals surface area contributed by atoms with Gasteiger partial charge in [0, 0.05) is 12.1 Å². The number of nitrogens with two attached hydrogens (primary N) is 1. The molecule has 0 bridgehead atoms. The van der Waals surface area contributed by atoms with E-state index in [0.29, 0.717) is 6.07 Å². The summed E-state index contributed by atoms with van der Waals surface area (Å²) in [5.41, 5.74) is 2.68. The van der Waals surface area contributed by atoms with Crippen molar-refractivity contribution in [2.75, 3.05) is 16.8 Å². The molecule has 1 amide bonds. The fourth-order valence-electron chi connectivity index (χ4n) is 1.63. The number of aromatic amines is 1. The van der Waals surface area contributed by atoms with E-state index in [9.17, 15) is 28.1 Å². The summed E-state index contributed by atoms with van der Waals surface area (Å²) in [6, 6.07) is 2.06. The smallest absolute Gasteiger partial charge is 0.368 e. The Balaban J connectivity index is 2.13. The number of H-pyrrole nitrogens is 1. The van der Waals surface area contributed by atoms with Crippen molar-refractivity contribution in [1.82, 2.24) is 15.2 Å². The Labute approximate surface area is 136 Å². The van der Waals surface area contributed by atoms with Crippen molar-refractivity contribution in [2.45, 2.75) is 11.3 Å². The number of nitro benzene ring substituents is 1. The molecule has 1 aromatic carbocycles. The molecule has 13 heteroatoms. The summed E-state index contributed by atoms with van der Waals surface area (Å²) in [7, 11) is 0. The van der Waals surface area contributed by atoms with Crippen LogP contribution in [0.4, 0.5) is 30.5 Å². The number of nitro groups is 1. The maximum atomic E-state index is 13.0. The van der Waals surface area contributed by atoms with Crippen molar-refractivity contribution in [1.29, 1.82) is 0 Å². The van der Waals surface area contributed by atoms with Crippen LogP contribution in [0.1, 0.15) is 5.56 Å². The molecule has 0 atom stereocenters. The van der Waals surface area contributed by atoms with Gasteiger partial charge in [0.1, 0.15) is 0 Å². The molecule has 0 saturated heterocycles. The average molecular weight is 362 g/mol. The van der Waals surface area contributed by atoms with Crippen LogP contribution in [0.5, 0.6) is 0 Å². The van der Waals surface area contributed by atoms with Crippen molar-refractivity contribution in [2.24, 2.45) is 0 Å². The van der Waals surface area contributed by atoms with Gasteiger partial charge in [0.2, 0.25) is 17.0 Å². The summed E-state index contributed by atoms with van der Waals surface area (Å²) in [5.74, 6) is -0.999. The number of rotatable bonds is 5. The van der Waals surface area contributed by atoms with Crippen LogP contribution in [-0.2, 0) is 11.0 Å². The predicted octanol–water partition coefficient (Wildman–Crippen LogP) is 2.04. The van der Waals surface area contributed by atoms with Crippen LogP contribution in [0, 0.1) is 10.1 Å². The van der Waals surface area contributed by atoms with Gasteiger partial charge in [-0.1, -0.05) is 11.8 Å². The van der Waals surface area contributed by atoms with Gasteiger partial charge in [-0.05, 0) is 6.07 Å². The lowest BCUT2D eigenvalue weighted by Crippen LogP contribution is -2.18. The summed E-state index contributed by atoms with van der Waals surface area (Å²) in [6.45, 7) is 0. The number of non-ortho nitro benzene ring substituents is 1. The molecule has 24 heavy (non-hydrogen) atoms. The number of hydrogen-bond donors (Lipinski definition) is 3. The Kier molecular flexibility index (Phi) is 4.92. The number of carbonyl (C=O) groups is 1. The summed E-state index contributed by atoms with van der Waals surface area (Å²) < 4.78 is 38.9. The molecule has 1 aromatic heterocycles. The monoisotopic (exact) mass is 362 g/mol. The highest BCUT2D eigenvalue weighted by molar-refractivity contribution is 7.99. The van der Waals surface area contributed by atoms with Crippen molar-refractivity contribution >= 4 is 35.0 Å². The second-order valence-corrected chi connectivity index (χ2v) is 5.27. The molecule has 9 nitrogen and oxygen atoms in total. The first-order chi connectivity index (χ1) is 11.2. The standard InChI is InChI=1S/C11H9F3N6O3S/c12-11(13,14)6-3-5(20(22)23)1-2-7(6)16-8(21)4-24-10-17-9(15)18-19-10/h1-3H,4H2,(H,16,21)(H3,15,17,18,19). The minimum absolute atomic E-state index is 0.0348. The zero-order chi connectivity index (χ0) is 17.9. The molecule has 0 aliphatic heterocycles. The van der Waals surface area contributed by atoms with E-state index in [0.717, 1.165) is 23.9 Å². The first-order valence-electron chi connectivity index (χ1n) is 6.13. The van der Waals surface area contributed by atoms with Gasteiger partial charge in [0.25, 0.3) is 5.69 Å². The molecular weight excluding hydrogens is 353 g/mol. The molecule has 0 aliphatic carbocycles. The van der Waals surface area contributed by atoms with Gasteiger partial charge < -0.3 is 11.1 Å². The predicted molar refractivity (Wildman–Crippen MR) is 78.2 cm³/mol. The number of hydrogen-bond acceptors (Lipinski definition) is 7. The van der Waals surface area contributed by atoms with Gasteiger partial charge in [-0.2, -0.15) is 18.2 Å². The number of aromatic nitrogens is 3. The van der Waals surface area contributed by atoms with E-state index in [4.69, 9.17) is 5.73 Å². The van der Waals surface area contributed by atoms with Gasteiger partial charge >= 0.3 is 6.18 Å². The number of nitrogens with one attached hydrogen (secondary N) is 2. The molecule has 0 radical (unpaired) electrons. The molecule has 0 saturated carbocycles. The Bertz CT molecular complexity index is 779. The average Bonchev–Trinajstić information content (AvgIpc) is 2.90. The molecule has 0 fully saturated rings. The summed E-state index contributed by atoms with van der Waals surface area (Å²) >= 11 is 0.855. The number of alkyl halides is 3. The Morgan fingerprint density at radius 3 is 2.71 bits per heavy atom. The topological polar surface area (TPSA) is 140 Å². The Morgan fingerprint density at radius 1 is 1.46 bits per heavy atom. The molecule has 0 unspecified atom stereocenters. The quantitative estimate of drug-likeness (QED) is 0.420. The molecular formula is C11H9F3N6O3S. The van der Waals surface area contributed by atoms with Gasteiger partial charge in [0.15, 0.2) is 0 Å². The fourth-order valence-corrected chi connectivity index (χ4v) is 2.23. The van der Waals surface area contributed by atoms with E-state index in [2.05, 4.69) is 20.5 Å². The number of benzene rings is 1. The third-order valence-electron chi connectivity index (χ3n) is 2.61. The maximum absolute atomic E-state index is 13.0. The van der Waals surface area contributed by atoms with Gasteiger partial charge in [0.05, 0.1) is 21.9 Å². The van der Waals surface area contributed by atoms with Crippen molar-refractivity contribution in [3.63, 3.8) is 0 Å². The van der Waals surface area contributed by atoms with Crippen LogP contribution >= 0.6 is 11.8 Å². The van der Waals surface area contributed by atoms with E-state index in [1.54, 1.807) is 0 Å². The summed E-state index contributed by atoms with van der Waals surface area (Å²) in [5, 5.41) is 18.8. The first-order valence-corrected chi connectivity index (χ1v) is 7.11. The Morgan fingerprint density at radius 2 is 2.17 bits per heavy atom. The number of thioether (sulfide) groups is 1. The van der Waals surface area contributed by atoms with Gasteiger partial charge in [-0.15, -0.1) is 5.10 Å². The number of nitrogens with zero attached hydrogens (tertiary/aromatic N) is 3. The van der Waals surface area contributed by atoms with E-state index in [-0.39, 0.29) is 16.9 Å². The number of anilines is 2. The van der Waals surface area contributed by atoms with Crippen molar-refractivity contribution in [3.8, 4) is 0 Å². The lowest BCUT2D eigenvalue weighted by atomic mass is 10.1. The number of carbonyl (C=O) groups excluding carboxylic acids is 1. The SMILES string of the molecule is Nc1nc(SCC(=O)Nc2ccc([N+](=O)[O-])cc2C(F)(F)F)n[nH]1. The zero-order valence-electron chi connectivity index (χ0n) is 11.6. The second kappa shape index (κ2) is 6.74. The fraction of sp³-hybridized carbons (Fsp3) is 0.182. The minimum atomic E-state index is -4.86. The number of halogens is 3. The van der Waals surface area contributed by atoms with E-state index in [1.807, 2.05) is 0 Å². The van der Waals surface area contributed by atoms with Crippen molar-refractivity contribution in [3.05, 3.63) is 33.9 Å². The third kappa shape index (κ3) is 4.34. The highest BCUT2D eigenvalue weighted by Crippen LogP contribution is 2.37. The van der Waals surface area contributed by atoms with E-state index < -0.39 is 33.9 Å². The van der Waals surface area contributed by atoms with E-state index >= 15 is 0 Å². The first kappa shape index (κ1) is 17.5. The highest BCUT2D eigenvalue weighted by Gasteiger charge is 2.35. The number of amides is 1. The molecule has 2 rings (SSSR count). The molecule has 2 aromatic rings. The molecule has 128 valence electrons. The van der Waals surface area contributed by atoms with Crippen molar-refractivity contribution < 1.29 is 22.9 Å². The normalized spacial score (nSPS) is 11.3. The van der Waals surface area contributed by atoms with Crippen LogP contribution in [0.2, 0.25) is 0 Å². The van der Waals surface area contributed by atoms with Crippen LogP contribution in [0.3, 0.4) is 0 Å². The molecule has 4 N–H and O–H groups in total. The lowest BCUT2D eigenvalue weighted by Gasteiger charge is -2.13. The molecule has 1 heterocycles. The van der Waals surface area contributed by atoms with E-state index in [1.165, 1.54) is 0 Å². The highest BCUT2D eigenvalue weighted by atomic mass is 32.2. The summed E-state index contributed by atoms with van der Waals surface area (Å²) in [6.07, 6.45) is -4.86. The number of nitrogen functional groups attached to an aromatic ring is 1. The van der Waals surface area contributed by atoms with Crippen LogP contribution < -0.4 is 11.1 Å². The molecule has 0 spiro atoms. The Hall–Kier alpha value is -2.83. The largest absolute Gasteiger partial charge is 0.418 e. The van der Waals surface area contributed by atoms with Gasteiger partial charge in [-0.25, -0.2) is 5.10 Å². The minimum Gasteiger partial charge on any atom is -0.368 e. The van der Waals surface area contributed by atoms with Crippen LogP contribution in [0.25, 0.3) is 0 Å². The lowest BCUT2D eigenvalue weighted by molar-refractivity contribution is -0.385. The van der Waals surface area contributed by atoms with Crippen LogP contribution in [-0.4, -0.2) is 31.8 Å². The van der Waals surface area contributed by atoms with Gasteiger partial charge in [-0.3, -0.25) is 14.9 Å². The van der Waals surface area contributed by atoms with Crippen LogP contribution in [0.15, 0.2) is 23.4 Å². The molecule has 0 aliphatic rings.